The van der Waals surface area contributed by atoms with E-state index in [2.05, 4.69) is 0 Å². The quantitative estimate of drug-likeness (QED) is 0.401. The summed E-state index contributed by atoms with van der Waals surface area (Å²) in [5, 5.41) is 9.63. The molecule has 0 bridgehead atoms. The summed E-state index contributed by atoms with van der Waals surface area (Å²) in [6.45, 7) is 6.43. The second kappa shape index (κ2) is 9.73. The predicted octanol–water partition coefficient (Wildman–Crippen LogP) is 6.76. The van der Waals surface area contributed by atoms with Gasteiger partial charge in [-0.2, -0.15) is 13.2 Å². The van der Waals surface area contributed by atoms with Crippen molar-refractivity contribution in [1.82, 2.24) is 4.98 Å². The van der Waals surface area contributed by atoms with Crippen molar-refractivity contribution in [2.45, 2.75) is 45.2 Å². The molecule has 0 saturated carbocycles. The van der Waals surface area contributed by atoms with Crippen LogP contribution in [0.2, 0.25) is 0 Å². The molecule has 0 unspecified atom stereocenters. The molecule has 0 aliphatic heterocycles. The maximum atomic E-state index is 12.9. The molecule has 0 aliphatic carbocycles. The number of nitrogens with zero attached hydrogens (tertiary/aromatic N) is 1. The van der Waals surface area contributed by atoms with Gasteiger partial charge < -0.3 is 9.84 Å². The Kier molecular flexibility index (Phi) is 7.23. The Hall–Kier alpha value is -2.87. The molecule has 0 radical (unpaired) electrons. The van der Waals surface area contributed by atoms with Crippen LogP contribution in [0.3, 0.4) is 0 Å². The van der Waals surface area contributed by atoms with Crippen LogP contribution in [0, 0.1) is 0 Å². The topological polar surface area (TPSA) is 59.4 Å². The number of benzene rings is 2. The van der Waals surface area contributed by atoms with Crippen molar-refractivity contribution >= 4 is 17.3 Å². The maximum Gasteiger partial charge on any atom is 0.416 e. The second-order valence-electron chi connectivity index (χ2n) is 7.93. The van der Waals surface area contributed by atoms with Crippen LogP contribution in [0.25, 0.3) is 10.6 Å². The third kappa shape index (κ3) is 5.88. The minimum absolute atomic E-state index is 0.00349. The molecular formula is C24H24F3NO3S. The lowest BCUT2D eigenvalue weighted by atomic mass is 10.0. The molecule has 1 heterocycles. The highest BCUT2D eigenvalue weighted by atomic mass is 32.1. The molecule has 1 atom stereocenters. The number of thiazole rings is 1. The van der Waals surface area contributed by atoms with Crippen LogP contribution < -0.4 is 4.74 Å². The first-order chi connectivity index (χ1) is 15.0. The first kappa shape index (κ1) is 23.8. The summed E-state index contributed by atoms with van der Waals surface area (Å²) >= 11 is 1.46. The van der Waals surface area contributed by atoms with E-state index < -0.39 is 17.7 Å². The number of hydrogen-bond donors (Lipinski definition) is 1. The van der Waals surface area contributed by atoms with Gasteiger partial charge in [-0.15, -0.1) is 11.3 Å². The van der Waals surface area contributed by atoms with Crippen LogP contribution >= 0.6 is 11.3 Å². The molecule has 0 spiro atoms. The number of carboxylic acids is 1. The van der Waals surface area contributed by atoms with E-state index in [1.54, 1.807) is 24.3 Å². The monoisotopic (exact) mass is 463 g/mol. The third-order valence-corrected chi connectivity index (χ3v) is 6.24. The van der Waals surface area contributed by atoms with Crippen LogP contribution in [0.4, 0.5) is 13.2 Å². The normalized spacial score (nSPS) is 12.7. The van der Waals surface area contributed by atoms with Crippen LogP contribution in [0.1, 0.15) is 54.3 Å². The number of hydrogen-bond acceptors (Lipinski definition) is 4. The Morgan fingerprint density at radius 1 is 1.12 bits per heavy atom. The summed E-state index contributed by atoms with van der Waals surface area (Å²) < 4.78 is 44.5. The predicted molar refractivity (Wildman–Crippen MR) is 118 cm³/mol. The van der Waals surface area contributed by atoms with E-state index >= 15 is 0 Å². The third-order valence-electron chi connectivity index (χ3n) is 4.89. The number of halogens is 3. The van der Waals surface area contributed by atoms with Crippen molar-refractivity contribution in [3.63, 3.8) is 0 Å². The summed E-state index contributed by atoms with van der Waals surface area (Å²) in [6, 6.07) is 12.0. The molecule has 3 rings (SSSR count). The highest BCUT2D eigenvalue weighted by molar-refractivity contribution is 7.15. The molecule has 1 aromatic heterocycles. The van der Waals surface area contributed by atoms with Crippen molar-refractivity contribution in [1.29, 1.82) is 0 Å². The van der Waals surface area contributed by atoms with Crippen LogP contribution in [-0.4, -0.2) is 22.7 Å². The van der Waals surface area contributed by atoms with Gasteiger partial charge in [-0.3, -0.25) is 4.79 Å². The van der Waals surface area contributed by atoms with E-state index in [9.17, 15) is 18.0 Å². The van der Waals surface area contributed by atoms with Gasteiger partial charge in [0.25, 0.3) is 0 Å². The summed E-state index contributed by atoms with van der Waals surface area (Å²) in [6.07, 6.45) is -4.45. The zero-order valence-corrected chi connectivity index (χ0v) is 18.8. The Morgan fingerprint density at radius 3 is 2.41 bits per heavy atom. The molecule has 170 valence electrons. The number of ether oxygens (including phenoxy) is 1. The number of rotatable bonds is 8. The lowest BCUT2D eigenvalue weighted by molar-refractivity contribution is -0.138. The van der Waals surface area contributed by atoms with Gasteiger partial charge in [0.05, 0.1) is 24.3 Å². The summed E-state index contributed by atoms with van der Waals surface area (Å²) in [7, 11) is 0. The molecule has 4 nitrogen and oxygen atoms in total. The Bertz CT molecular complexity index is 1070. The first-order valence-electron chi connectivity index (χ1n) is 10.2. The standard InChI is InChI=1S/C24H24F3NO3S/c1-14(2)21-22(15(3)13-31-19-6-4-5-16(11-19)12-20(29)30)32-23(28-21)17-7-9-18(10-8-17)24(25,26)27/h4-11,14-15H,12-13H2,1-3H3,(H,29,30)/t15-/m1/s1. The van der Waals surface area contributed by atoms with Gasteiger partial charge in [0, 0.05) is 16.4 Å². The summed E-state index contributed by atoms with van der Waals surface area (Å²) in [5.74, 6) is -0.172. The lowest BCUT2D eigenvalue weighted by Gasteiger charge is -2.15. The minimum Gasteiger partial charge on any atom is -0.493 e. The van der Waals surface area contributed by atoms with E-state index in [-0.39, 0.29) is 18.3 Å². The van der Waals surface area contributed by atoms with Crippen molar-refractivity contribution < 1.29 is 27.8 Å². The van der Waals surface area contributed by atoms with Gasteiger partial charge in [0.2, 0.25) is 0 Å². The molecule has 0 fully saturated rings. The summed E-state index contributed by atoms with van der Waals surface area (Å²) in [5.41, 5.74) is 1.52. The van der Waals surface area contributed by atoms with Gasteiger partial charge in [0.1, 0.15) is 10.8 Å². The SMILES string of the molecule is CC(C)c1nc(-c2ccc(C(F)(F)F)cc2)sc1[C@H](C)COc1cccc(CC(=O)O)c1. The molecular weight excluding hydrogens is 439 g/mol. The number of aliphatic carboxylic acids is 1. The van der Waals surface area contributed by atoms with E-state index in [4.69, 9.17) is 14.8 Å². The maximum absolute atomic E-state index is 12.9. The summed E-state index contributed by atoms with van der Waals surface area (Å²) in [4.78, 5) is 16.7. The average molecular weight is 464 g/mol. The number of carboxylic acid groups (broad SMARTS) is 1. The van der Waals surface area contributed by atoms with Crippen LogP contribution in [-0.2, 0) is 17.4 Å². The molecule has 2 aromatic carbocycles. The van der Waals surface area contributed by atoms with Crippen LogP contribution in [0.15, 0.2) is 48.5 Å². The number of carbonyl (C=O) groups is 1. The average Bonchev–Trinajstić information content (AvgIpc) is 3.17. The Morgan fingerprint density at radius 2 is 1.81 bits per heavy atom. The number of aromatic nitrogens is 1. The minimum atomic E-state index is -4.37. The largest absolute Gasteiger partial charge is 0.493 e. The van der Waals surface area contributed by atoms with Crippen molar-refractivity contribution in [2.24, 2.45) is 0 Å². The van der Waals surface area contributed by atoms with Gasteiger partial charge in [-0.25, -0.2) is 4.98 Å². The van der Waals surface area contributed by atoms with Gasteiger partial charge in [-0.1, -0.05) is 45.0 Å². The second-order valence-corrected chi connectivity index (χ2v) is 8.96. The van der Waals surface area contributed by atoms with Crippen molar-refractivity contribution in [3.8, 4) is 16.3 Å². The van der Waals surface area contributed by atoms with Crippen LogP contribution in [0.5, 0.6) is 5.75 Å². The zero-order chi connectivity index (χ0) is 23.5. The molecule has 8 heteroatoms. The van der Waals surface area contributed by atoms with Gasteiger partial charge in [-0.05, 0) is 35.7 Å². The Labute approximate surface area is 188 Å². The van der Waals surface area contributed by atoms with E-state index in [1.807, 2.05) is 20.8 Å². The van der Waals surface area contributed by atoms with E-state index in [0.29, 0.717) is 28.5 Å². The fraction of sp³-hybridized carbons (Fsp3) is 0.333. The van der Waals surface area contributed by atoms with Crippen molar-refractivity contribution in [2.75, 3.05) is 6.61 Å². The number of alkyl halides is 3. The molecule has 32 heavy (non-hydrogen) atoms. The first-order valence-corrected chi connectivity index (χ1v) is 11.0. The Balaban J connectivity index is 1.78. The molecule has 1 N–H and O–H groups in total. The highest BCUT2D eigenvalue weighted by Gasteiger charge is 2.30. The molecule has 3 aromatic rings. The fourth-order valence-corrected chi connectivity index (χ4v) is 4.51. The van der Waals surface area contributed by atoms with Gasteiger partial charge in [0.15, 0.2) is 0 Å². The molecule has 0 amide bonds. The zero-order valence-electron chi connectivity index (χ0n) is 17.9. The molecule has 0 aliphatic rings. The fourth-order valence-electron chi connectivity index (χ4n) is 3.25. The van der Waals surface area contributed by atoms with Gasteiger partial charge >= 0.3 is 12.1 Å². The van der Waals surface area contributed by atoms with Crippen molar-refractivity contribution in [3.05, 3.63) is 70.2 Å². The highest BCUT2D eigenvalue weighted by Crippen LogP contribution is 2.38. The van der Waals surface area contributed by atoms with E-state index in [1.165, 1.54) is 23.5 Å². The molecule has 0 saturated heterocycles. The van der Waals surface area contributed by atoms with E-state index in [0.717, 1.165) is 22.7 Å². The lowest BCUT2D eigenvalue weighted by Crippen LogP contribution is -2.09. The smallest absolute Gasteiger partial charge is 0.416 e.